The molecule has 2 aromatic rings. The first-order valence-corrected chi connectivity index (χ1v) is 11.5. The van der Waals surface area contributed by atoms with Crippen LogP contribution in [-0.2, 0) is 21.4 Å². The van der Waals surface area contributed by atoms with Crippen molar-refractivity contribution in [1.29, 1.82) is 0 Å². The molecule has 0 unspecified atom stereocenters. The van der Waals surface area contributed by atoms with E-state index in [1.165, 1.54) is 16.6 Å². The number of carbonyl (C=O) groups excluding carboxylic acids is 1. The fourth-order valence-electron chi connectivity index (χ4n) is 3.24. The van der Waals surface area contributed by atoms with E-state index >= 15 is 0 Å². The van der Waals surface area contributed by atoms with Crippen LogP contribution < -0.4 is 0 Å². The summed E-state index contributed by atoms with van der Waals surface area (Å²) in [7, 11) is -3.69. The summed E-state index contributed by atoms with van der Waals surface area (Å²) in [6.07, 6.45) is 2.48. The Morgan fingerprint density at radius 3 is 2.67 bits per heavy atom. The molecule has 2 aromatic heterocycles. The standard InChI is InChI=1S/C18H22ClN3O3S2/c1-2-21(13-15-5-4-12-26-15)18(23)14-7-10-22(11-8-14)27(24,25)16-6-3-9-20-17(16)19/h3-6,9,12,14H,2,7-8,10-11,13H2,1H3. The predicted molar refractivity (Wildman–Crippen MR) is 106 cm³/mol. The maximum atomic E-state index is 12.9. The molecule has 6 nitrogen and oxygen atoms in total. The number of amides is 1. The third-order valence-corrected chi connectivity index (χ3v) is 7.97. The highest BCUT2D eigenvalue weighted by Crippen LogP contribution is 2.28. The van der Waals surface area contributed by atoms with Crippen LogP contribution >= 0.6 is 22.9 Å². The smallest absolute Gasteiger partial charge is 0.246 e. The molecule has 0 aliphatic carbocycles. The van der Waals surface area contributed by atoms with Crippen LogP contribution in [0.2, 0.25) is 5.15 Å². The molecule has 0 aromatic carbocycles. The Morgan fingerprint density at radius 2 is 2.07 bits per heavy atom. The molecule has 0 spiro atoms. The Balaban J connectivity index is 1.64. The van der Waals surface area contributed by atoms with Gasteiger partial charge in [-0.15, -0.1) is 11.3 Å². The van der Waals surface area contributed by atoms with Gasteiger partial charge in [0.1, 0.15) is 10.0 Å². The van der Waals surface area contributed by atoms with Crippen molar-refractivity contribution in [1.82, 2.24) is 14.2 Å². The number of sulfonamides is 1. The number of thiophene rings is 1. The highest BCUT2D eigenvalue weighted by molar-refractivity contribution is 7.89. The Bertz CT molecular complexity index is 879. The van der Waals surface area contributed by atoms with Gasteiger partial charge in [0, 0.05) is 36.6 Å². The number of pyridine rings is 1. The first-order chi connectivity index (χ1) is 12.9. The van der Waals surface area contributed by atoms with Gasteiger partial charge in [-0.05, 0) is 43.3 Å². The van der Waals surface area contributed by atoms with Crippen LogP contribution in [0.25, 0.3) is 0 Å². The molecule has 3 heterocycles. The lowest BCUT2D eigenvalue weighted by molar-refractivity contribution is -0.137. The molecule has 3 rings (SSSR count). The zero-order valence-electron chi connectivity index (χ0n) is 15.0. The summed E-state index contributed by atoms with van der Waals surface area (Å²) in [6.45, 7) is 3.83. The number of aromatic nitrogens is 1. The third kappa shape index (κ3) is 4.51. The second-order valence-electron chi connectivity index (χ2n) is 6.40. The van der Waals surface area contributed by atoms with Crippen LogP contribution in [0.4, 0.5) is 0 Å². The zero-order chi connectivity index (χ0) is 19.4. The average Bonchev–Trinajstić information content (AvgIpc) is 3.19. The minimum atomic E-state index is -3.69. The Labute approximate surface area is 168 Å². The molecule has 0 radical (unpaired) electrons. The van der Waals surface area contributed by atoms with Crippen molar-refractivity contribution in [3.63, 3.8) is 0 Å². The van der Waals surface area contributed by atoms with Gasteiger partial charge in [-0.2, -0.15) is 4.31 Å². The third-order valence-electron chi connectivity index (χ3n) is 4.77. The van der Waals surface area contributed by atoms with E-state index in [1.54, 1.807) is 17.4 Å². The van der Waals surface area contributed by atoms with E-state index in [0.29, 0.717) is 39.0 Å². The van der Waals surface area contributed by atoms with Crippen molar-refractivity contribution in [2.75, 3.05) is 19.6 Å². The average molecular weight is 428 g/mol. The van der Waals surface area contributed by atoms with Crippen LogP contribution in [0.5, 0.6) is 0 Å². The highest BCUT2D eigenvalue weighted by atomic mass is 35.5. The van der Waals surface area contributed by atoms with Gasteiger partial charge in [-0.1, -0.05) is 17.7 Å². The van der Waals surface area contributed by atoms with Gasteiger partial charge in [-0.3, -0.25) is 4.79 Å². The van der Waals surface area contributed by atoms with Gasteiger partial charge in [0.25, 0.3) is 0 Å². The SMILES string of the molecule is CCN(Cc1cccs1)C(=O)C1CCN(S(=O)(=O)c2cccnc2Cl)CC1. The van der Waals surface area contributed by atoms with E-state index < -0.39 is 10.0 Å². The lowest BCUT2D eigenvalue weighted by Crippen LogP contribution is -2.44. The van der Waals surface area contributed by atoms with Gasteiger partial charge in [0.15, 0.2) is 0 Å². The predicted octanol–water partition coefficient (Wildman–Crippen LogP) is 3.25. The molecule has 0 bridgehead atoms. The normalized spacial score (nSPS) is 16.4. The number of hydrogen-bond donors (Lipinski definition) is 0. The minimum Gasteiger partial charge on any atom is -0.338 e. The molecule has 0 N–H and O–H groups in total. The first-order valence-electron chi connectivity index (χ1n) is 8.85. The Morgan fingerprint density at radius 1 is 1.33 bits per heavy atom. The maximum absolute atomic E-state index is 12.9. The summed E-state index contributed by atoms with van der Waals surface area (Å²) in [4.78, 5) is 19.7. The lowest BCUT2D eigenvalue weighted by Gasteiger charge is -2.33. The highest BCUT2D eigenvalue weighted by Gasteiger charge is 2.34. The second kappa shape index (κ2) is 8.68. The number of rotatable bonds is 6. The number of piperidine rings is 1. The number of nitrogens with zero attached hydrogens (tertiary/aromatic N) is 3. The van der Waals surface area contributed by atoms with Gasteiger partial charge < -0.3 is 4.90 Å². The molecule has 27 heavy (non-hydrogen) atoms. The molecule has 1 amide bonds. The zero-order valence-corrected chi connectivity index (χ0v) is 17.4. The summed E-state index contributed by atoms with van der Waals surface area (Å²) < 4.78 is 27.0. The van der Waals surface area contributed by atoms with E-state index in [9.17, 15) is 13.2 Å². The summed E-state index contributed by atoms with van der Waals surface area (Å²) in [5.41, 5.74) is 0. The van der Waals surface area contributed by atoms with Crippen molar-refractivity contribution in [2.24, 2.45) is 5.92 Å². The molecule has 1 fully saturated rings. The molecule has 0 saturated carbocycles. The first kappa shape index (κ1) is 20.3. The topological polar surface area (TPSA) is 70.6 Å². The van der Waals surface area contributed by atoms with E-state index in [-0.39, 0.29) is 21.9 Å². The summed E-state index contributed by atoms with van der Waals surface area (Å²) in [5, 5.41) is 1.98. The van der Waals surface area contributed by atoms with Gasteiger partial charge in [-0.25, -0.2) is 13.4 Å². The fourth-order valence-corrected chi connectivity index (χ4v) is 5.86. The monoisotopic (exact) mass is 427 g/mol. The van der Waals surface area contributed by atoms with Crippen molar-refractivity contribution in [3.05, 3.63) is 45.9 Å². The van der Waals surface area contributed by atoms with Crippen LogP contribution in [0.3, 0.4) is 0 Å². The molecule has 1 saturated heterocycles. The second-order valence-corrected chi connectivity index (χ2v) is 9.70. The van der Waals surface area contributed by atoms with E-state index in [4.69, 9.17) is 11.6 Å². The molecule has 146 valence electrons. The molecule has 1 aliphatic heterocycles. The van der Waals surface area contributed by atoms with E-state index in [1.807, 2.05) is 29.3 Å². The van der Waals surface area contributed by atoms with Crippen LogP contribution in [0.1, 0.15) is 24.6 Å². The summed E-state index contributed by atoms with van der Waals surface area (Å²) >= 11 is 7.59. The molecular formula is C18H22ClN3O3S2. The molecule has 9 heteroatoms. The number of hydrogen-bond acceptors (Lipinski definition) is 5. The Hall–Kier alpha value is -1.48. The van der Waals surface area contributed by atoms with Crippen molar-refractivity contribution in [2.45, 2.75) is 31.2 Å². The van der Waals surface area contributed by atoms with Crippen LogP contribution in [0.15, 0.2) is 40.7 Å². The maximum Gasteiger partial charge on any atom is 0.246 e. The lowest BCUT2D eigenvalue weighted by atomic mass is 9.96. The Kier molecular flexibility index (Phi) is 6.52. The van der Waals surface area contributed by atoms with E-state index in [2.05, 4.69) is 4.98 Å². The summed E-state index contributed by atoms with van der Waals surface area (Å²) in [6, 6.07) is 7.01. The summed E-state index contributed by atoms with van der Waals surface area (Å²) in [5.74, 6) is -0.0527. The largest absolute Gasteiger partial charge is 0.338 e. The fraction of sp³-hybridized carbons (Fsp3) is 0.444. The molecular weight excluding hydrogens is 406 g/mol. The van der Waals surface area contributed by atoms with Crippen molar-refractivity contribution < 1.29 is 13.2 Å². The number of carbonyl (C=O) groups is 1. The van der Waals surface area contributed by atoms with Crippen LogP contribution in [0, 0.1) is 5.92 Å². The van der Waals surface area contributed by atoms with Crippen LogP contribution in [-0.4, -0.2) is 48.1 Å². The quantitative estimate of drug-likeness (QED) is 0.663. The molecule has 0 atom stereocenters. The minimum absolute atomic E-state index is 0.0179. The van der Waals surface area contributed by atoms with Gasteiger partial charge in [0.2, 0.25) is 15.9 Å². The van der Waals surface area contributed by atoms with E-state index in [0.717, 1.165) is 4.88 Å². The van der Waals surface area contributed by atoms with Crippen molar-refractivity contribution >= 4 is 38.9 Å². The van der Waals surface area contributed by atoms with Crippen molar-refractivity contribution in [3.8, 4) is 0 Å². The van der Waals surface area contributed by atoms with Gasteiger partial charge >= 0.3 is 0 Å². The van der Waals surface area contributed by atoms with Gasteiger partial charge in [0.05, 0.1) is 6.54 Å². The molecule has 1 aliphatic rings. The number of halogens is 1.